The van der Waals surface area contributed by atoms with Crippen molar-refractivity contribution in [1.29, 1.82) is 0 Å². The van der Waals surface area contributed by atoms with Crippen LogP contribution in [0.15, 0.2) is 10.9 Å². The van der Waals surface area contributed by atoms with Crippen molar-refractivity contribution < 1.29 is 4.52 Å². The summed E-state index contributed by atoms with van der Waals surface area (Å²) in [6.45, 7) is 9.45. The van der Waals surface area contributed by atoms with E-state index in [-0.39, 0.29) is 0 Å². The molecule has 6 heteroatoms. The summed E-state index contributed by atoms with van der Waals surface area (Å²) in [6, 6.07) is 0.534. The molecule has 0 saturated carbocycles. The van der Waals surface area contributed by atoms with E-state index in [0.29, 0.717) is 17.7 Å². The molecule has 1 N–H and O–H groups in total. The van der Waals surface area contributed by atoms with Crippen molar-refractivity contribution in [2.45, 2.75) is 39.7 Å². The van der Waals surface area contributed by atoms with Gasteiger partial charge in [-0.3, -0.25) is 0 Å². The lowest BCUT2D eigenvalue weighted by atomic mass is 9.97. The first-order chi connectivity index (χ1) is 10.1. The van der Waals surface area contributed by atoms with Gasteiger partial charge in [0.15, 0.2) is 0 Å². The van der Waals surface area contributed by atoms with Gasteiger partial charge in [0, 0.05) is 19.1 Å². The predicted octanol–water partition coefficient (Wildman–Crippen LogP) is 2.14. The minimum absolute atomic E-state index is 0.534. The SMILES string of the molecule is Cc1noc2ncnc(N3CCCC(CNC(C)C)C3)c12. The molecule has 0 aliphatic carbocycles. The predicted molar refractivity (Wildman–Crippen MR) is 82.4 cm³/mol. The zero-order valence-electron chi connectivity index (χ0n) is 13.0. The molecule has 3 rings (SSSR count). The Labute approximate surface area is 124 Å². The number of nitrogens with zero attached hydrogens (tertiary/aromatic N) is 4. The fourth-order valence-corrected chi connectivity index (χ4v) is 2.97. The van der Waals surface area contributed by atoms with Gasteiger partial charge < -0.3 is 14.7 Å². The highest BCUT2D eigenvalue weighted by Gasteiger charge is 2.24. The Kier molecular flexibility index (Phi) is 4.05. The molecule has 6 nitrogen and oxygen atoms in total. The minimum Gasteiger partial charge on any atom is -0.356 e. The molecule has 0 aromatic carbocycles. The first-order valence-electron chi connectivity index (χ1n) is 7.70. The Balaban J connectivity index is 1.80. The maximum Gasteiger partial charge on any atom is 0.263 e. The summed E-state index contributed by atoms with van der Waals surface area (Å²) in [5.74, 6) is 1.62. The lowest BCUT2D eigenvalue weighted by molar-refractivity contribution is 0.378. The van der Waals surface area contributed by atoms with E-state index < -0.39 is 0 Å². The Bertz CT molecular complexity index is 609. The summed E-state index contributed by atoms with van der Waals surface area (Å²) in [7, 11) is 0. The average Bonchev–Trinajstić information content (AvgIpc) is 2.87. The third-order valence-corrected chi connectivity index (χ3v) is 4.06. The van der Waals surface area contributed by atoms with Gasteiger partial charge in [-0.05, 0) is 32.2 Å². The van der Waals surface area contributed by atoms with Crippen molar-refractivity contribution in [2.75, 3.05) is 24.5 Å². The number of aromatic nitrogens is 3. The summed E-state index contributed by atoms with van der Waals surface area (Å²) in [4.78, 5) is 11.0. The van der Waals surface area contributed by atoms with E-state index in [4.69, 9.17) is 4.52 Å². The number of hydrogen-bond donors (Lipinski definition) is 1. The van der Waals surface area contributed by atoms with Crippen molar-refractivity contribution in [2.24, 2.45) is 5.92 Å². The Morgan fingerprint density at radius 2 is 2.29 bits per heavy atom. The van der Waals surface area contributed by atoms with Crippen molar-refractivity contribution >= 4 is 16.9 Å². The van der Waals surface area contributed by atoms with E-state index in [1.807, 2.05) is 6.92 Å². The van der Waals surface area contributed by atoms with Gasteiger partial charge in [0.1, 0.15) is 17.5 Å². The topological polar surface area (TPSA) is 67.1 Å². The maximum absolute atomic E-state index is 5.25. The van der Waals surface area contributed by atoms with E-state index in [2.05, 4.69) is 39.2 Å². The van der Waals surface area contributed by atoms with Crippen LogP contribution in [0.25, 0.3) is 11.1 Å². The van der Waals surface area contributed by atoms with Crippen molar-refractivity contribution in [3.05, 3.63) is 12.0 Å². The fourth-order valence-electron chi connectivity index (χ4n) is 2.97. The fraction of sp³-hybridized carbons (Fsp3) is 0.667. The molecule has 2 aromatic heterocycles. The first kappa shape index (κ1) is 14.3. The average molecular weight is 289 g/mol. The molecule has 1 aliphatic rings. The van der Waals surface area contributed by atoms with Crippen LogP contribution in [0.1, 0.15) is 32.4 Å². The van der Waals surface area contributed by atoms with Crippen LogP contribution in [-0.4, -0.2) is 40.8 Å². The van der Waals surface area contributed by atoms with E-state index >= 15 is 0 Å². The van der Waals surface area contributed by atoms with Gasteiger partial charge >= 0.3 is 0 Å². The van der Waals surface area contributed by atoms with Gasteiger partial charge in [0.25, 0.3) is 5.71 Å². The third-order valence-electron chi connectivity index (χ3n) is 4.06. The second-order valence-corrected chi connectivity index (χ2v) is 6.16. The molecule has 0 bridgehead atoms. The lowest BCUT2D eigenvalue weighted by Crippen LogP contribution is -2.41. The Morgan fingerprint density at radius 1 is 1.43 bits per heavy atom. The van der Waals surface area contributed by atoms with Crippen LogP contribution in [0.2, 0.25) is 0 Å². The standard InChI is InChI=1S/C15H23N5O/c1-10(2)16-7-12-5-4-6-20(8-12)14-13-11(3)19-21-15(13)18-9-17-14/h9-10,12,16H,4-8H2,1-3H3. The van der Waals surface area contributed by atoms with Crippen molar-refractivity contribution in [3.8, 4) is 0 Å². The van der Waals surface area contributed by atoms with Crippen LogP contribution in [0.4, 0.5) is 5.82 Å². The highest BCUT2D eigenvalue weighted by molar-refractivity contribution is 5.87. The molecule has 1 atom stereocenters. The Morgan fingerprint density at radius 3 is 3.10 bits per heavy atom. The Hall–Kier alpha value is -1.69. The first-order valence-corrected chi connectivity index (χ1v) is 7.70. The van der Waals surface area contributed by atoms with Crippen LogP contribution < -0.4 is 10.2 Å². The largest absolute Gasteiger partial charge is 0.356 e. The van der Waals surface area contributed by atoms with Crippen LogP contribution in [-0.2, 0) is 0 Å². The monoisotopic (exact) mass is 289 g/mol. The number of aryl methyl sites for hydroxylation is 1. The zero-order chi connectivity index (χ0) is 14.8. The summed E-state index contributed by atoms with van der Waals surface area (Å²) >= 11 is 0. The molecular formula is C15H23N5O. The van der Waals surface area contributed by atoms with E-state index in [9.17, 15) is 0 Å². The number of nitrogens with one attached hydrogen (secondary N) is 1. The van der Waals surface area contributed by atoms with E-state index in [1.54, 1.807) is 6.33 Å². The quantitative estimate of drug-likeness (QED) is 0.930. The smallest absolute Gasteiger partial charge is 0.263 e. The van der Waals surface area contributed by atoms with Gasteiger partial charge in [-0.1, -0.05) is 19.0 Å². The molecule has 1 aliphatic heterocycles. The summed E-state index contributed by atoms with van der Waals surface area (Å²) in [5.41, 5.74) is 1.45. The summed E-state index contributed by atoms with van der Waals surface area (Å²) < 4.78 is 5.25. The normalized spacial score (nSPS) is 19.6. The number of anilines is 1. The molecule has 0 radical (unpaired) electrons. The van der Waals surface area contributed by atoms with Gasteiger partial charge in [-0.2, -0.15) is 4.98 Å². The van der Waals surface area contributed by atoms with Crippen LogP contribution in [0.5, 0.6) is 0 Å². The van der Waals surface area contributed by atoms with Gasteiger partial charge in [0.2, 0.25) is 0 Å². The molecular weight excluding hydrogens is 266 g/mol. The lowest BCUT2D eigenvalue weighted by Gasteiger charge is -2.34. The van der Waals surface area contributed by atoms with Gasteiger partial charge in [0.05, 0.1) is 5.69 Å². The summed E-state index contributed by atoms with van der Waals surface area (Å²) in [5, 5.41) is 8.51. The van der Waals surface area contributed by atoms with Gasteiger partial charge in [-0.15, -0.1) is 0 Å². The second kappa shape index (κ2) is 5.97. The molecule has 1 fully saturated rings. The molecule has 0 amide bonds. The molecule has 2 aromatic rings. The molecule has 3 heterocycles. The molecule has 0 spiro atoms. The number of fused-ring (bicyclic) bond motifs is 1. The second-order valence-electron chi connectivity index (χ2n) is 6.16. The number of rotatable bonds is 4. The molecule has 1 unspecified atom stereocenters. The van der Waals surface area contributed by atoms with Crippen LogP contribution in [0.3, 0.4) is 0 Å². The highest BCUT2D eigenvalue weighted by atomic mass is 16.5. The summed E-state index contributed by atoms with van der Waals surface area (Å²) in [6.07, 6.45) is 4.03. The maximum atomic E-state index is 5.25. The molecule has 21 heavy (non-hydrogen) atoms. The number of hydrogen-bond acceptors (Lipinski definition) is 6. The van der Waals surface area contributed by atoms with Gasteiger partial charge in [-0.25, -0.2) is 4.98 Å². The third kappa shape index (κ3) is 3.00. The number of piperidine rings is 1. The van der Waals surface area contributed by atoms with Crippen LogP contribution >= 0.6 is 0 Å². The van der Waals surface area contributed by atoms with E-state index in [0.717, 1.165) is 36.5 Å². The zero-order valence-corrected chi connectivity index (χ0v) is 13.0. The van der Waals surface area contributed by atoms with Crippen molar-refractivity contribution in [3.63, 3.8) is 0 Å². The molecule has 1 saturated heterocycles. The molecule has 114 valence electrons. The highest BCUT2D eigenvalue weighted by Crippen LogP contribution is 2.29. The van der Waals surface area contributed by atoms with E-state index in [1.165, 1.54) is 12.8 Å². The van der Waals surface area contributed by atoms with Crippen molar-refractivity contribution in [1.82, 2.24) is 20.4 Å². The van der Waals surface area contributed by atoms with Crippen LogP contribution in [0, 0.1) is 12.8 Å². The minimum atomic E-state index is 0.534.